The number of phenolic OH excluding ortho intramolecular Hbond substituents is 1. The number of carbonyl (C=O) groups is 4. The lowest BCUT2D eigenvalue weighted by molar-refractivity contribution is -0.126. The van der Waals surface area contributed by atoms with Crippen molar-refractivity contribution < 1.29 is 48.0 Å². The summed E-state index contributed by atoms with van der Waals surface area (Å²) in [5.41, 5.74) is 5.40. The molecule has 1 saturated carbocycles. The fourth-order valence-electron chi connectivity index (χ4n) is 10.1. The summed E-state index contributed by atoms with van der Waals surface area (Å²) in [7, 11) is 7.90. The first kappa shape index (κ1) is 42.7. The Morgan fingerprint density at radius 1 is 0.508 bits per heavy atom. The second-order valence-corrected chi connectivity index (χ2v) is 16.5. The number of nitrogens with zero attached hydrogens (tertiary/aromatic N) is 2. The summed E-state index contributed by atoms with van der Waals surface area (Å²) >= 11 is 0. The van der Waals surface area contributed by atoms with Crippen LogP contribution in [0, 0.1) is 29.6 Å². The highest BCUT2D eigenvalue weighted by atomic mass is 16.5. The van der Waals surface area contributed by atoms with Crippen molar-refractivity contribution in [3.8, 4) is 34.5 Å². The van der Waals surface area contributed by atoms with Crippen LogP contribution < -0.4 is 33.5 Å². The third kappa shape index (κ3) is 7.58. The molecule has 5 aromatic rings. The maximum Gasteiger partial charge on any atom is 0.238 e. The van der Waals surface area contributed by atoms with Crippen molar-refractivity contribution >= 4 is 59.3 Å². The summed E-state index contributed by atoms with van der Waals surface area (Å²) < 4.78 is 27.2. The van der Waals surface area contributed by atoms with Crippen LogP contribution in [-0.2, 0) is 19.2 Å². The predicted octanol–water partition coefficient (Wildman–Crippen LogP) is 8.82. The number of aromatic hydroxyl groups is 1. The van der Waals surface area contributed by atoms with Gasteiger partial charge in [-0.2, -0.15) is 0 Å². The number of allylic oxidation sites excluding steroid dienone is 2. The van der Waals surface area contributed by atoms with Crippen LogP contribution in [0.25, 0.3) is 24.3 Å². The molecule has 0 unspecified atom stereocenters. The summed E-state index contributed by atoms with van der Waals surface area (Å²) in [5.74, 6) is -2.73. The molecule has 0 spiro atoms. The molecule has 4 aliphatic rings. The van der Waals surface area contributed by atoms with Crippen LogP contribution in [0.3, 0.4) is 0 Å². The van der Waals surface area contributed by atoms with Crippen LogP contribution in [0.5, 0.6) is 34.5 Å². The second kappa shape index (κ2) is 17.5. The Balaban J connectivity index is 1.01. The number of hydrogen-bond acceptors (Lipinski definition) is 10. The van der Waals surface area contributed by atoms with Crippen molar-refractivity contribution in [2.75, 3.05) is 45.3 Å². The molecule has 12 heteroatoms. The molecular formula is C53H48N2O10. The molecule has 6 atom stereocenters. The first-order chi connectivity index (χ1) is 31.6. The van der Waals surface area contributed by atoms with Gasteiger partial charge in [0.05, 0.1) is 70.6 Å². The lowest BCUT2D eigenvalue weighted by Gasteiger charge is -2.44. The highest BCUT2D eigenvalue weighted by molar-refractivity contribution is 6.24. The molecule has 2 heterocycles. The van der Waals surface area contributed by atoms with E-state index in [-0.39, 0.29) is 42.2 Å². The first-order valence-electron chi connectivity index (χ1n) is 21.4. The minimum absolute atomic E-state index is 0.0892. The fourth-order valence-corrected chi connectivity index (χ4v) is 10.1. The normalized spacial score (nSPS) is 22.5. The van der Waals surface area contributed by atoms with Gasteiger partial charge in [0.15, 0.2) is 0 Å². The van der Waals surface area contributed by atoms with E-state index in [0.29, 0.717) is 45.7 Å². The SMILES string of the molecule is COc1ccc([C@H]2C3=CC[C@@H]4C(=O)N(c5ccc(C=Cc6cc(OC)ccc6OC)cc5)C(=O)[C@@H]4[C@@H]3C[C@H]3C(=O)N(c4ccc(C=Cc5cc(OC)ccc5OC)cc4)C(=O)[C@@H]23)c(O)c1. The number of ether oxygens (including phenoxy) is 5. The van der Waals surface area contributed by atoms with Gasteiger partial charge in [0.1, 0.15) is 34.5 Å². The standard InChI is InChI=1S/C53H48N2O10/c1-61-36-19-24-45(64-4)32(26-36)12-6-30-8-14-34(15-9-30)54-50(57)41-23-22-39-42(48(41)52(54)59)29-43-49(47(39)40-21-18-38(63-3)28-44(40)56)53(60)55(51(43)58)35-16-10-31(11-17-35)7-13-33-27-37(62-2)20-25-46(33)65-5/h6-22,24-28,41-43,47-49,56H,23,29H2,1-5H3/t41-,42+,43+,47+,48-,49+/m0/s1. The summed E-state index contributed by atoms with van der Waals surface area (Å²) in [4.78, 5) is 60.9. The van der Waals surface area contributed by atoms with Gasteiger partial charge < -0.3 is 28.8 Å². The zero-order valence-corrected chi connectivity index (χ0v) is 36.6. The molecule has 5 aromatic carbocycles. The Bertz CT molecular complexity index is 2790. The number of rotatable bonds is 12. The molecule has 65 heavy (non-hydrogen) atoms. The molecule has 0 radical (unpaired) electrons. The lowest BCUT2D eigenvalue weighted by atomic mass is 9.57. The number of amides is 4. The molecular weight excluding hydrogens is 825 g/mol. The quantitative estimate of drug-likeness (QED) is 0.0735. The van der Waals surface area contributed by atoms with E-state index in [9.17, 15) is 24.3 Å². The molecule has 2 aliphatic heterocycles. The van der Waals surface area contributed by atoms with Gasteiger partial charge in [-0.3, -0.25) is 29.0 Å². The van der Waals surface area contributed by atoms with E-state index in [4.69, 9.17) is 23.7 Å². The van der Waals surface area contributed by atoms with Crippen molar-refractivity contribution in [2.45, 2.75) is 18.8 Å². The number of anilines is 2. The van der Waals surface area contributed by atoms with E-state index in [1.807, 2.05) is 91.0 Å². The van der Waals surface area contributed by atoms with Crippen molar-refractivity contribution in [2.24, 2.45) is 29.6 Å². The van der Waals surface area contributed by atoms with Gasteiger partial charge >= 0.3 is 0 Å². The van der Waals surface area contributed by atoms with Gasteiger partial charge in [-0.05, 0) is 96.6 Å². The Hall–Kier alpha value is -7.60. The zero-order chi connectivity index (χ0) is 45.5. The van der Waals surface area contributed by atoms with E-state index in [1.54, 1.807) is 64.8 Å². The number of fused-ring (bicyclic) bond motifs is 4. The Kier molecular flexibility index (Phi) is 11.5. The zero-order valence-electron chi connectivity index (χ0n) is 36.6. The Morgan fingerprint density at radius 3 is 1.48 bits per heavy atom. The first-order valence-corrected chi connectivity index (χ1v) is 21.4. The number of hydrogen-bond donors (Lipinski definition) is 1. The fraction of sp³-hybridized carbons (Fsp3) is 0.245. The van der Waals surface area contributed by atoms with Crippen molar-refractivity contribution in [1.82, 2.24) is 0 Å². The average Bonchev–Trinajstić information content (AvgIpc) is 3.75. The number of benzene rings is 5. The smallest absolute Gasteiger partial charge is 0.238 e. The summed E-state index contributed by atoms with van der Waals surface area (Å²) in [6.07, 6.45) is 10.0. The third-order valence-corrected chi connectivity index (χ3v) is 13.3. The van der Waals surface area contributed by atoms with Crippen molar-refractivity contribution in [1.29, 1.82) is 0 Å². The number of carbonyl (C=O) groups excluding carboxylic acids is 4. The molecule has 330 valence electrons. The predicted molar refractivity (Wildman–Crippen MR) is 247 cm³/mol. The van der Waals surface area contributed by atoms with Crippen LogP contribution in [0.1, 0.15) is 46.6 Å². The largest absolute Gasteiger partial charge is 0.508 e. The van der Waals surface area contributed by atoms with Crippen molar-refractivity contribution in [3.63, 3.8) is 0 Å². The molecule has 12 nitrogen and oxygen atoms in total. The van der Waals surface area contributed by atoms with Crippen molar-refractivity contribution in [3.05, 3.63) is 143 Å². The monoisotopic (exact) mass is 872 g/mol. The maximum absolute atomic E-state index is 14.8. The van der Waals surface area contributed by atoms with Gasteiger partial charge in [-0.15, -0.1) is 0 Å². The van der Waals surface area contributed by atoms with E-state index in [1.165, 1.54) is 23.0 Å². The lowest BCUT2D eigenvalue weighted by Crippen LogP contribution is -2.43. The van der Waals surface area contributed by atoms with Gasteiger partial charge in [0.2, 0.25) is 23.6 Å². The summed E-state index contributed by atoms with van der Waals surface area (Å²) in [6, 6.07) is 30.3. The molecule has 1 N–H and O–H groups in total. The van der Waals surface area contributed by atoms with E-state index < -0.39 is 35.5 Å². The molecule has 9 rings (SSSR count). The topological polar surface area (TPSA) is 141 Å². The average molecular weight is 873 g/mol. The number of phenols is 1. The second-order valence-electron chi connectivity index (χ2n) is 16.5. The van der Waals surface area contributed by atoms with Crippen LogP contribution in [0.4, 0.5) is 11.4 Å². The molecule has 4 amide bonds. The van der Waals surface area contributed by atoms with Crippen LogP contribution in [0.2, 0.25) is 0 Å². The van der Waals surface area contributed by atoms with Gasteiger partial charge in [0, 0.05) is 28.7 Å². The molecule has 2 saturated heterocycles. The Labute approximate surface area is 376 Å². The number of imide groups is 2. The Morgan fingerprint density at radius 2 is 0.985 bits per heavy atom. The van der Waals surface area contributed by atoms with Gasteiger partial charge in [-0.1, -0.05) is 66.3 Å². The van der Waals surface area contributed by atoms with E-state index in [0.717, 1.165) is 27.8 Å². The highest BCUT2D eigenvalue weighted by Crippen LogP contribution is 2.59. The minimum Gasteiger partial charge on any atom is -0.508 e. The molecule has 0 bridgehead atoms. The van der Waals surface area contributed by atoms with Crippen LogP contribution in [0.15, 0.2) is 115 Å². The van der Waals surface area contributed by atoms with E-state index >= 15 is 0 Å². The molecule has 3 fully saturated rings. The number of methoxy groups -OCH3 is 5. The van der Waals surface area contributed by atoms with Gasteiger partial charge in [0.25, 0.3) is 0 Å². The summed E-state index contributed by atoms with van der Waals surface area (Å²) in [5, 5.41) is 11.5. The maximum atomic E-state index is 14.8. The minimum atomic E-state index is -0.859. The van der Waals surface area contributed by atoms with E-state index in [2.05, 4.69) is 0 Å². The van der Waals surface area contributed by atoms with Gasteiger partial charge in [-0.25, -0.2) is 0 Å². The molecule has 0 aromatic heterocycles. The highest BCUT2D eigenvalue weighted by Gasteiger charge is 2.62. The molecule has 2 aliphatic carbocycles. The summed E-state index contributed by atoms with van der Waals surface area (Å²) in [6.45, 7) is 0. The van der Waals surface area contributed by atoms with Crippen LogP contribution >= 0.6 is 0 Å². The van der Waals surface area contributed by atoms with Crippen LogP contribution in [-0.4, -0.2) is 64.3 Å². The third-order valence-electron chi connectivity index (χ3n) is 13.3.